The molecule has 1 aromatic carbocycles. The Morgan fingerprint density at radius 2 is 2.07 bits per heavy atom. The van der Waals surface area contributed by atoms with Gasteiger partial charge in [0.25, 0.3) is 10.0 Å². The molecule has 2 unspecified atom stereocenters. The van der Waals surface area contributed by atoms with Crippen LogP contribution in [0.3, 0.4) is 0 Å². The first-order valence-corrected chi connectivity index (χ1v) is 12.5. The molecule has 2 atom stereocenters. The molecule has 8 heteroatoms. The molecule has 150 valence electrons. The molecule has 0 fully saturated rings. The van der Waals surface area contributed by atoms with Crippen molar-refractivity contribution in [2.24, 2.45) is 10.7 Å². The average Bonchev–Trinajstić information content (AvgIpc) is 2.83. The Morgan fingerprint density at radius 3 is 2.71 bits per heavy atom. The number of aryl methyl sites for hydroxylation is 1. The molecule has 1 heterocycles. The van der Waals surface area contributed by atoms with Crippen molar-refractivity contribution >= 4 is 42.9 Å². The molecule has 0 aromatic heterocycles. The lowest BCUT2D eigenvalue weighted by atomic mass is 9.88. The molecule has 0 radical (unpaired) electrons. The first-order chi connectivity index (χ1) is 13.2. The number of hydrogen-bond acceptors (Lipinski definition) is 5. The number of alkyl halides is 1. The van der Waals surface area contributed by atoms with Crippen molar-refractivity contribution < 1.29 is 8.42 Å². The van der Waals surface area contributed by atoms with Gasteiger partial charge in [-0.1, -0.05) is 58.9 Å². The van der Waals surface area contributed by atoms with Crippen molar-refractivity contribution in [1.29, 1.82) is 0 Å². The molecular formula is C20H24BrN3O2S2. The second-order valence-electron chi connectivity index (χ2n) is 6.95. The fourth-order valence-electron chi connectivity index (χ4n) is 3.10. The summed E-state index contributed by atoms with van der Waals surface area (Å²) in [5, 5.41) is 0.560. The van der Waals surface area contributed by atoms with Crippen LogP contribution in [0.4, 0.5) is 0 Å². The van der Waals surface area contributed by atoms with E-state index >= 15 is 0 Å². The number of sulfonamides is 1. The van der Waals surface area contributed by atoms with Crippen molar-refractivity contribution in [2.45, 2.75) is 42.0 Å². The van der Waals surface area contributed by atoms with E-state index in [1.54, 1.807) is 30.0 Å². The van der Waals surface area contributed by atoms with Crippen molar-refractivity contribution in [2.75, 3.05) is 5.75 Å². The number of hydrogen-bond donors (Lipinski definition) is 2. The van der Waals surface area contributed by atoms with E-state index in [1.807, 2.05) is 44.2 Å². The number of benzene rings is 1. The minimum Gasteiger partial charge on any atom is -0.379 e. The van der Waals surface area contributed by atoms with Gasteiger partial charge < -0.3 is 5.73 Å². The number of thioether (sulfide) groups is 1. The molecule has 0 bridgehead atoms. The van der Waals surface area contributed by atoms with Gasteiger partial charge in [-0.05, 0) is 55.2 Å². The summed E-state index contributed by atoms with van der Waals surface area (Å²) in [5.41, 5.74) is 8.00. The molecule has 0 amide bonds. The third kappa shape index (κ3) is 4.90. The van der Waals surface area contributed by atoms with Gasteiger partial charge in [-0.15, -0.1) is 0 Å². The van der Waals surface area contributed by atoms with Gasteiger partial charge in [-0.25, -0.2) is 8.42 Å². The molecular weight excluding hydrogens is 458 g/mol. The molecule has 0 spiro atoms. The Labute approximate surface area is 179 Å². The van der Waals surface area contributed by atoms with Crippen molar-refractivity contribution in [3.05, 3.63) is 65.4 Å². The van der Waals surface area contributed by atoms with Crippen LogP contribution in [0.25, 0.3) is 0 Å². The van der Waals surface area contributed by atoms with Gasteiger partial charge in [0.1, 0.15) is 0 Å². The third-order valence-corrected chi connectivity index (χ3v) is 7.58. The Morgan fingerprint density at radius 1 is 1.36 bits per heavy atom. The minimum absolute atomic E-state index is 0.0209. The van der Waals surface area contributed by atoms with Gasteiger partial charge in [0.15, 0.2) is 5.17 Å². The summed E-state index contributed by atoms with van der Waals surface area (Å²) >= 11 is 5.14. The van der Waals surface area contributed by atoms with Crippen LogP contribution >= 0.6 is 27.7 Å². The molecule has 3 rings (SSSR count). The first-order valence-electron chi connectivity index (χ1n) is 9.08. The van der Waals surface area contributed by atoms with E-state index in [-0.39, 0.29) is 9.72 Å². The summed E-state index contributed by atoms with van der Waals surface area (Å²) in [4.78, 5) is 4.86. The molecule has 28 heavy (non-hydrogen) atoms. The van der Waals surface area contributed by atoms with E-state index in [1.165, 1.54) is 0 Å². The summed E-state index contributed by atoms with van der Waals surface area (Å²) in [6.45, 7) is 4.07. The zero-order chi connectivity index (χ0) is 20.4. The highest BCUT2D eigenvalue weighted by atomic mass is 79.9. The van der Waals surface area contributed by atoms with E-state index in [0.717, 1.165) is 29.7 Å². The van der Waals surface area contributed by atoms with E-state index in [2.05, 4.69) is 25.6 Å². The second-order valence-corrected chi connectivity index (χ2v) is 10.8. The predicted molar refractivity (Wildman–Crippen MR) is 121 cm³/mol. The van der Waals surface area contributed by atoms with Crippen LogP contribution in [0.5, 0.6) is 0 Å². The third-order valence-electron chi connectivity index (χ3n) is 4.82. The molecule has 0 saturated heterocycles. The smallest absolute Gasteiger partial charge is 0.261 e. The lowest BCUT2D eigenvalue weighted by Crippen LogP contribution is -2.33. The number of nitrogens with one attached hydrogen (secondary N) is 1. The van der Waals surface area contributed by atoms with Gasteiger partial charge in [-0.2, -0.15) is 0 Å². The summed E-state index contributed by atoms with van der Waals surface area (Å²) in [6, 6.07) is 6.95. The van der Waals surface area contributed by atoms with Crippen LogP contribution in [-0.4, -0.2) is 29.7 Å². The van der Waals surface area contributed by atoms with E-state index < -0.39 is 15.6 Å². The van der Waals surface area contributed by atoms with Crippen LogP contribution in [-0.2, 0) is 16.4 Å². The highest BCUT2D eigenvalue weighted by Gasteiger charge is 2.32. The highest BCUT2D eigenvalue weighted by molar-refractivity contribution is 9.09. The van der Waals surface area contributed by atoms with Crippen molar-refractivity contribution in [3.8, 4) is 0 Å². The fourth-order valence-corrected chi connectivity index (χ4v) is 5.56. The largest absolute Gasteiger partial charge is 0.379 e. The van der Waals surface area contributed by atoms with Crippen LogP contribution < -0.4 is 10.5 Å². The number of aliphatic imine (C=N–C) groups is 1. The summed E-state index contributed by atoms with van der Waals surface area (Å²) in [6.07, 6.45) is 9.26. The first kappa shape index (κ1) is 21.2. The van der Waals surface area contributed by atoms with Crippen LogP contribution in [0.2, 0.25) is 0 Å². The number of nitrogens with two attached hydrogens (primary N) is 1. The molecule has 1 aliphatic heterocycles. The Hall–Kier alpha value is -1.51. The predicted octanol–water partition coefficient (Wildman–Crippen LogP) is 3.88. The van der Waals surface area contributed by atoms with E-state index in [0.29, 0.717) is 10.9 Å². The molecule has 5 nitrogen and oxygen atoms in total. The summed E-state index contributed by atoms with van der Waals surface area (Å²) in [5.74, 6) is 0.877. The topological polar surface area (TPSA) is 84.5 Å². The average molecular weight is 482 g/mol. The number of amidine groups is 1. The fraction of sp³-hybridized carbons (Fsp3) is 0.350. The Kier molecular flexibility index (Phi) is 6.41. The number of halogens is 1. The summed E-state index contributed by atoms with van der Waals surface area (Å²) < 4.78 is 28.4. The van der Waals surface area contributed by atoms with Crippen LogP contribution in [0.15, 0.2) is 69.7 Å². The van der Waals surface area contributed by atoms with Crippen molar-refractivity contribution in [1.82, 2.24) is 4.72 Å². The van der Waals surface area contributed by atoms with Gasteiger partial charge in [-0.3, -0.25) is 9.71 Å². The van der Waals surface area contributed by atoms with E-state index in [4.69, 9.17) is 5.73 Å². The Bertz CT molecular complexity index is 966. The summed E-state index contributed by atoms with van der Waals surface area (Å²) in [7, 11) is -3.68. The molecule has 1 aliphatic carbocycles. The van der Waals surface area contributed by atoms with Crippen molar-refractivity contribution in [3.63, 3.8) is 0 Å². The minimum atomic E-state index is -3.68. The molecule has 0 saturated carbocycles. The standard InChI is InChI=1S/C20H24BrN3O2S2/c1-3-14-4-8-18(9-5-14)28(25,26)24-17-7-6-16(21)12-15(13-17)20(2)10-11-27-19(22)23-20/h4-9,12-13,16,24H,3,10-11H2,1-2H3,(H2,22,23). The maximum absolute atomic E-state index is 12.8. The van der Waals surface area contributed by atoms with Crippen LogP contribution in [0, 0.1) is 0 Å². The normalized spacial score (nSPS) is 25.4. The lowest BCUT2D eigenvalue weighted by Gasteiger charge is -2.31. The second kappa shape index (κ2) is 8.47. The van der Waals surface area contributed by atoms with Crippen LogP contribution in [0.1, 0.15) is 25.8 Å². The SMILES string of the molecule is CCc1ccc(S(=O)(=O)NC2=CC(C3(C)CCSC(N)=N3)=CC(Br)C=C2)cc1. The van der Waals surface area contributed by atoms with E-state index in [9.17, 15) is 8.42 Å². The molecule has 2 aliphatic rings. The van der Waals surface area contributed by atoms with Gasteiger partial charge >= 0.3 is 0 Å². The number of rotatable bonds is 5. The lowest BCUT2D eigenvalue weighted by molar-refractivity contribution is 0.544. The molecule has 1 aromatic rings. The van der Waals surface area contributed by atoms with Gasteiger partial charge in [0.05, 0.1) is 15.3 Å². The Balaban J connectivity index is 1.92. The van der Waals surface area contributed by atoms with Gasteiger partial charge in [0, 0.05) is 11.4 Å². The number of allylic oxidation sites excluding steroid dienone is 3. The zero-order valence-corrected chi connectivity index (χ0v) is 19.1. The number of nitrogens with zero attached hydrogens (tertiary/aromatic N) is 1. The zero-order valence-electron chi connectivity index (χ0n) is 15.9. The quantitative estimate of drug-likeness (QED) is 0.624. The highest BCUT2D eigenvalue weighted by Crippen LogP contribution is 2.35. The maximum Gasteiger partial charge on any atom is 0.261 e. The molecule has 3 N–H and O–H groups in total. The monoisotopic (exact) mass is 481 g/mol. The van der Waals surface area contributed by atoms with Gasteiger partial charge in [0.2, 0.25) is 0 Å². The maximum atomic E-state index is 12.8.